The maximum absolute atomic E-state index is 10.7. The highest BCUT2D eigenvalue weighted by molar-refractivity contribution is 7.99. The molecular formula is C10H11NO2S. The maximum atomic E-state index is 10.7. The zero-order valence-corrected chi connectivity index (χ0v) is 8.60. The van der Waals surface area contributed by atoms with Gasteiger partial charge in [0.15, 0.2) is 0 Å². The van der Waals surface area contributed by atoms with E-state index in [-0.39, 0.29) is 0 Å². The van der Waals surface area contributed by atoms with E-state index < -0.39 is 5.97 Å². The lowest BCUT2D eigenvalue weighted by Crippen LogP contribution is -2.22. The Hall–Kier alpha value is -1.16. The average Bonchev–Trinajstić information content (AvgIpc) is 2.16. The number of thioether (sulfide) groups is 1. The van der Waals surface area contributed by atoms with Crippen LogP contribution >= 0.6 is 11.8 Å². The number of carboxylic acids is 1. The molecule has 0 fully saturated rings. The lowest BCUT2D eigenvalue weighted by molar-refractivity contribution is 0.0697. The Morgan fingerprint density at radius 3 is 3.14 bits per heavy atom. The molecule has 1 atom stereocenters. The second kappa shape index (κ2) is 3.53. The number of aromatic carboxylic acids is 1. The molecule has 0 aromatic heterocycles. The third-order valence-electron chi connectivity index (χ3n) is 2.12. The number of hydrogen-bond acceptors (Lipinski definition) is 3. The van der Waals surface area contributed by atoms with Gasteiger partial charge in [-0.15, -0.1) is 11.8 Å². The molecule has 14 heavy (non-hydrogen) atoms. The van der Waals surface area contributed by atoms with Crippen molar-refractivity contribution in [2.24, 2.45) is 0 Å². The summed E-state index contributed by atoms with van der Waals surface area (Å²) in [6, 6.07) is 5.60. The summed E-state index contributed by atoms with van der Waals surface area (Å²) in [5.41, 5.74) is 1.28. The van der Waals surface area contributed by atoms with Gasteiger partial charge in [0.2, 0.25) is 0 Å². The Kier molecular flexibility index (Phi) is 2.37. The predicted octanol–water partition coefficient (Wildman–Crippen LogP) is 2.29. The van der Waals surface area contributed by atoms with E-state index in [1.807, 2.05) is 6.07 Å². The molecule has 0 radical (unpaired) electrons. The summed E-state index contributed by atoms with van der Waals surface area (Å²) in [5, 5.41) is 12.1. The second-order valence-corrected chi connectivity index (χ2v) is 4.43. The molecule has 0 spiro atoms. The largest absolute Gasteiger partial charge is 0.478 e. The lowest BCUT2D eigenvalue weighted by atomic mass is 10.2. The fraction of sp³-hybridized carbons (Fsp3) is 0.300. The Morgan fingerprint density at radius 2 is 2.43 bits per heavy atom. The molecule has 1 aromatic rings. The minimum Gasteiger partial charge on any atom is -0.478 e. The fourth-order valence-corrected chi connectivity index (χ4v) is 2.37. The van der Waals surface area contributed by atoms with Crippen LogP contribution in [0.3, 0.4) is 0 Å². The quantitative estimate of drug-likeness (QED) is 0.745. The first-order chi connectivity index (χ1) is 6.66. The summed E-state index contributed by atoms with van der Waals surface area (Å²) in [6.45, 7) is 2.09. The predicted molar refractivity (Wildman–Crippen MR) is 57.2 cm³/mol. The molecular weight excluding hydrogens is 198 g/mol. The smallest absolute Gasteiger partial charge is 0.335 e. The Balaban J connectivity index is 2.37. The van der Waals surface area contributed by atoms with Gasteiger partial charge in [-0.1, -0.05) is 0 Å². The van der Waals surface area contributed by atoms with E-state index in [0.29, 0.717) is 11.6 Å². The molecule has 0 aliphatic carbocycles. The molecule has 1 aliphatic heterocycles. The number of carboxylic acid groups (broad SMARTS) is 1. The normalized spacial score (nSPS) is 19.6. The van der Waals surface area contributed by atoms with Gasteiger partial charge < -0.3 is 10.4 Å². The van der Waals surface area contributed by atoms with Gasteiger partial charge in [-0.25, -0.2) is 4.79 Å². The molecule has 0 saturated heterocycles. The number of anilines is 1. The van der Waals surface area contributed by atoms with Crippen molar-refractivity contribution in [2.75, 3.05) is 11.1 Å². The average molecular weight is 209 g/mol. The highest BCUT2D eigenvalue weighted by atomic mass is 32.2. The summed E-state index contributed by atoms with van der Waals surface area (Å²) >= 11 is 1.76. The van der Waals surface area contributed by atoms with Crippen molar-refractivity contribution >= 4 is 23.4 Å². The van der Waals surface area contributed by atoms with Gasteiger partial charge >= 0.3 is 5.97 Å². The summed E-state index contributed by atoms with van der Waals surface area (Å²) < 4.78 is 0. The van der Waals surface area contributed by atoms with Crippen LogP contribution in [0.4, 0.5) is 5.69 Å². The number of nitrogens with one attached hydrogen (secondary N) is 1. The van der Waals surface area contributed by atoms with E-state index in [1.54, 1.807) is 23.9 Å². The van der Waals surface area contributed by atoms with Crippen LogP contribution in [0.2, 0.25) is 0 Å². The summed E-state index contributed by atoms with van der Waals surface area (Å²) in [7, 11) is 0. The maximum Gasteiger partial charge on any atom is 0.335 e. The molecule has 2 N–H and O–H groups in total. The molecule has 74 valence electrons. The highest BCUT2D eigenvalue weighted by Crippen LogP contribution is 2.33. The van der Waals surface area contributed by atoms with Crippen LogP contribution in [0.25, 0.3) is 0 Å². The minimum atomic E-state index is -0.877. The van der Waals surface area contributed by atoms with Gasteiger partial charge in [-0.3, -0.25) is 0 Å². The van der Waals surface area contributed by atoms with Crippen molar-refractivity contribution < 1.29 is 9.90 Å². The van der Waals surface area contributed by atoms with Crippen LogP contribution in [0.5, 0.6) is 0 Å². The van der Waals surface area contributed by atoms with Crippen molar-refractivity contribution in [1.82, 2.24) is 0 Å². The molecule has 0 saturated carbocycles. The van der Waals surface area contributed by atoms with Gasteiger partial charge in [-0.2, -0.15) is 0 Å². The van der Waals surface area contributed by atoms with Crippen molar-refractivity contribution in [3.8, 4) is 0 Å². The number of carbonyl (C=O) groups is 1. The molecule has 1 heterocycles. The first-order valence-electron chi connectivity index (χ1n) is 4.43. The lowest BCUT2D eigenvalue weighted by Gasteiger charge is -2.23. The van der Waals surface area contributed by atoms with Gasteiger partial charge in [0.1, 0.15) is 0 Å². The summed E-state index contributed by atoms with van der Waals surface area (Å²) in [6.07, 6.45) is 0. The molecule has 3 nitrogen and oxygen atoms in total. The molecule has 2 rings (SSSR count). The molecule has 0 amide bonds. The molecule has 1 aliphatic rings. The third-order valence-corrected chi connectivity index (χ3v) is 3.45. The van der Waals surface area contributed by atoms with Gasteiger partial charge in [0, 0.05) is 22.4 Å². The Bertz CT molecular complexity index is 378. The van der Waals surface area contributed by atoms with Crippen molar-refractivity contribution in [2.45, 2.75) is 17.9 Å². The number of hydrogen-bond donors (Lipinski definition) is 2. The SMILES string of the molecule is CC1CSc2ccc(C(=O)O)cc2N1. The monoisotopic (exact) mass is 209 g/mol. The van der Waals surface area contributed by atoms with E-state index in [9.17, 15) is 4.79 Å². The van der Waals surface area contributed by atoms with E-state index >= 15 is 0 Å². The van der Waals surface area contributed by atoms with Crippen LogP contribution in [0, 0.1) is 0 Å². The van der Waals surface area contributed by atoms with Crippen molar-refractivity contribution in [3.63, 3.8) is 0 Å². The standard InChI is InChI=1S/C10H11NO2S/c1-6-5-14-9-3-2-7(10(12)13)4-8(9)11-6/h2-4,6,11H,5H2,1H3,(H,12,13). The highest BCUT2D eigenvalue weighted by Gasteiger charge is 2.15. The van der Waals surface area contributed by atoms with Crippen LogP contribution in [-0.2, 0) is 0 Å². The van der Waals surface area contributed by atoms with Crippen LogP contribution in [0.1, 0.15) is 17.3 Å². The van der Waals surface area contributed by atoms with E-state index in [1.165, 1.54) is 0 Å². The topological polar surface area (TPSA) is 49.3 Å². The number of benzene rings is 1. The van der Waals surface area contributed by atoms with Gasteiger partial charge in [0.05, 0.1) is 5.56 Å². The summed E-state index contributed by atoms with van der Waals surface area (Å²) in [4.78, 5) is 11.9. The second-order valence-electron chi connectivity index (χ2n) is 3.37. The third kappa shape index (κ3) is 1.70. The first kappa shape index (κ1) is 9.40. The Morgan fingerprint density at radius 1 is 1.64 bits per heavy atom. The van der Waals surface area contributed by atoms with Crippen LogP contribution in [-0.4, -0.2) is 22.9 Å². The molecule has 4 heteroatoms. The minimum absolute atomic E-state index is 0.339. The molecule has 1 unspecified atom stereocenters. The van der Waals surface area contributed by atoms with E-state index in [4.69, 9.17) is 5.11 Å². The van der Waals surface area contributed by atoms with Crippen molar-refractivity contribution in [1.29, 1.82) is 0 Å². The van der Waals surface area contributed by atoms with Crippen LogP contribution in [0.15, 0.2) is 23.1 Å². The zero-order valence-electron chi connectivity index (χ0n) is 7.78. The van der Waals surface area contributed by atoms with Crippen molar-refractivity contribution in [3.05, 3.63) is 23.8 Å². The summed E-state index contributed by atoms with van der Waals surface area (Å²) in [5.74, 6) is 0.150. The van der Waals surface area contributed by atoms with Gasteiger partial charge in [0.25, 0.3) is 0 Å². The van der Waals surface area contributed by atoms with E-state index in [0.717, 1.165) is 16.3 Å². The Labute approximate surface area is 86.5 Å². The van der Waals surface area contributed by atoms with Gasteiger partial charge in [-0.05, 0) is 25.1 Å². The fourth-order valence-electron chi connectivity index (χ4n) is 1.42. The van der Waals surface area contributed by atoms with Crippen LogP contribution < -0.4 is 5.32 Å². The number of fused-ring (bicyclic) bond motifs is 1. The first-order valence-corrected chi connectivity index (χ1v) is 5.42. The molecule has 0 bridgehead atoms. The zero-order chi connectivity index (χ0) is 10.1. The molecule has 1 aromatic carbocycles. The van der Waals surface area contributed by atoms with E-state index in [2.05, 4.69) is 12.2 Å². The number of rotatable bonds is 1.